The van der Waals surface area contributed by atoms with Gasteiger partial charge in [-0.25, -0.2) is 0 Å². The predicted molar refractivity (Wildman–Crippen MR) is 92.2 cm³/mol. The van der Waals surface area contributed by atoms with Gasteiger partial charge < -0.3 is 10.5 Å². The summed E-state index contributed by atoms with van der Waals surface area (Å²) >= 11 is 0. The smallest absolute Gasteiger partial charge is 0.122 e. The number of hydrogen-bond donors (Lipinski definition) is 1. The molecule has 0 radical (unpaired) electrons. The van der Waals surface area contributed by atoms with E-state index in [1.54, 1.807) is 0 Å². The molecule has 2 atom stereocenters. The second-order valence-electron chi connectivity index (χ2n) is 6.45. The molecule has 0 fully saturated rings. The average Bonchev–Trinajstić information content (AvgIpc) is 2.49. The van der Waals surface area contributed by atoms with Crippen LogP contribution in [-0.4, -0.2) is 12.6 Å². The summed E-state index contributed by atoms with van der Waals surface area (Å²) in [6, 6.07) is 7.04. The average molecular weight is 291 g/mol. The van der Waals surface area contributed by atoms with Gasteiger partial charge in [-0.15, -0.1) is 0 Å². The highest BCUT2D eigenvalue weighted by atomic mass is 16.5. The van der Waals surface area contributed by atoms with Gasteiger partial charge in [-0.2, -0.15) is 0 Å². The minimum atomic E-state index is 0.337. The molecule has 0 bridgehead atoms. The summed E-state index contributed by atoms with van der Waals surface area (Å²) in [6.07, 6.45) is 4.36. The Morgan fingerprint density at radius 3 is 2.38 bits per heavy atom. The molecule has 0 heterocycles. The van der Waals surface area contributed by atoms with E-state index in [4.69, 9.17) is 10.5 Å². The number of benzene rings is 1. The first-order chi connectivity index (χ1) is 9.99. The summed E-state index contributed by atoms with van der Waals surface area (Å²) in [7, 11) is 0. The van der Waals surface area contributed by atoms with Gasteiger partial charge in [0.2, 0.25) is 0 Å². The van der Waals surface area contributed by atoms with Crippen LogP contribution in [0.15, 0.2) is 18.2 Å². The summed E-state index contributed by atoms with van der Waals surface area (Å²) < 4.78 is 5.88. The quantitative estimate of drug-likeness (QED) is 0.677. The summed E-state index contributed by atoms with van der Waals surface area (Å²) in [4.78, 5) is 0. The second-order valence-corrected chi connectivity index (χ2v) is 6.45. The van der Waals surface area contributed by atoms with Crippen LogP contribution in [-0.2, 0) is 0 Å². The number of nitrogens with two attached hydrogens (primary N) is 1. The third-order valence-corrected chi connectivity index (χ3v) is 4.18. The molecule has 120 valence electrons. The van der Waals surface area contributed by atoms with Gasteiger partial charge in [0.15, 0.2) is 0 Å². The van der Waals surface area contributed by atoms with E-state index >= 15 is 0 Å². The Morgan fingerprint density at radius 1 is 1.10 bits per heavy atom. The topological polar surface area (TPSA) is 35.2 Å². The predicted octanol–water partition coefficient (Wildman–Crippen LogP) is 5.22. The van der Waals surface area contributed by atoms with Crippen LogP contribution in [0.3, 0.4) is 0 Å². The molecule has 1 aromatic rings. The highest BCUT2D eigenvalue weighted by Crippen LogP contribution is 2.31. The molecular formula is C19H33NO. The number of hydrogen-bond acceptors (Lipinski definition) is 2. The maximum atomic E-state index is 6.04. The van der Waals surface area contributed by atoms with E-state index in [0.717, 1.165) is 38.0 Å². The molecule has 2 unspecified atom stereocenters. The molecule has 2 heteroatoms. The third-order valence-electron chi connectivity index (χ3n) is 4.18. The van der Waals surface area contributed by atoms with E-state index < -0.39 is 0 Å². The van der Waals surface area contributed by atoms with Gasteiger partial charge in [-0.3, -0.25) is 0 Å². The van der Waals surface area contributed by atoms with Crippen LogP contribution in [0.5, 0.6) is 5.75 Å². The van der Waals surface area contributed by atoms with Crippen molar-refractivity contribution in [3.8, 4) is 5.75 Å². The van der Waals surface area contributed by atoms with Crippen LogP contribution in [0.4, 0.5) is 0 Å². The Morgan fingerprint density at radius 2 is 1.81 bits per heavy atom. The summed E-state index contributed by atoms with van der Waals surface area (Å²) in [5.74, 6) is 2.09. The molecule has 0 aliphatic heterocycles. The number of rotatable bonds is 9. The van der Waals surface area contributed by atoms with Crippen LogP contribution < -0.4 is 10.5 Å². The van der Waals surface area contributed by atoms with Crippen molar-refractivity contribution in [2.45, 2.75) is 78.2 Å². The first kappa shape index (κ1) is 18.0. The fraction of sp³-hybridized carbons (Fsp3) is 0.684. The molecule has 0 spiro atoms. The van der Waals surface area contributed by atoms with Crippen molar-refractivity contribution in [1.29, 1.82) is 0 Å². The van der Waals surface area contributed by atoms with Crippen molar-refractivity contribution >= 4 is 0 Å². The summed E-state index contributed by atoms with van der Waals surface area (Å²) in [5, 5.41) is 0. The van der Waals surface area contributed by atoms with Gasteiger partial charge in [-0.1, -0.05) is 46.8 Å². The molecule has 0 saturated heterocycles. The number of ether oxygens (including phenoxy) is 1. The van der Waals surface area contributed by atoms with Gasteiger partial charge in [0, 0.05) is 6.04 Å². The van der Waals surface area contributed by atoms with E-state index in [9.17, 15) is 0 Å². The maximum Gasteiger partial charge on any atom is 0.122 e. The standard InChI is InChI=1S/C19H33NO/c1-6-12-21-19-11-9-16(13-18(19)14(3)4)15(5)8-10-17(20)7-2/h9,11,13-15,17H,6-8,10,12,20H2,1-5H3. The zero-order chi connectivity index (χ0) is 15.8. The molecule has 1 rings (SSSR count). The first-order valence-corrected chi connectivity index (χ1v) is 8.51. The third kappa shape index (κ3) is 5.70. The fourth-order valence-corrected chi connectivity index (χ4v) is 2.50. The summed E-state index contributed by atoms with van der Waals surface area (Å²) in [6.45, 7) is 11.9. The van der Waals surface area contributed by atoms with Gasteiger partial charge in [0.1, 0.15) is 5.75 Å². The minimum absolute atomic E-state index is 0.337. The lowest BCUT2D eigenvalue weighted by Crippen LogP contribution is -2.18. The molecule has 1 aromatic carbocycles. The molecule has 0 aliphatic carbocycles. The largest absolute Gasteiger partial charge is 0.493 e. The van der Waals surface area contributed by atoms with E-state index in [-0.39, 0.29) is 0 Å². The molecule has 2 nitrogen and oxygen atoms in total. The summed E-state index contributed by atoms with van der Waals surface area (Å²) in [5.41, 5.74) is 8.77. The van der Waals surface area contributed by atoms with Crippen LogP contribution in [0.2, 0.25) is 0 Å². The molecule has 0 aliphatic rings. The molecule has 0 saturated carbocycles. The monoisotopic (exact) mass is 291 g/mol. The Bertz CT molecular complexity index is 414. The van der Waals surface area contributed by atoms with Crippen LogP contribution in [0.25, 0.3) is 0 Å². The Balaban J connectivity index is 2.81. The Hall–Kier alpha value is -1.02. The van der Waals surface area contributed by atoms with Gasteiger partial charge in [-0.05, 0) is 54.7 Å². The Kier molecular flexibility index (Phi) is 7.81. The molecule has 0 amide bonds. The maximum absolute atomic E-state index is 6.04. The molecule has 0 aromatic heterocycles. The molecule has 2 N–H and O–H groups in total. The lowest BCUT2D eigenvalue weighted by atomic mass is 9.90. The Labute approximate surface area is 131 Å². The van der Waals surface area contributed by atoms with Crippen molar-refractivity contribution in [1.82, 2.24) is 0 Å². The van der Waals surface area contributed by atoms with Crippen molar-refractivity contribution < 1.29 is 4.74 Å². The zero-order valence-electron chi connectivity index (χ0n) is 14.5. The van der Waals surface area contributed by atoms with E-state index in [2.05, 4.69) is 52.8 Å². The van der Waals surface area contributed by atoms with Crippen molar-refractivity contribution in [2.24, 2.45) is 5.73 Å². The molecule has 21 heavy (non-hydrogen) atoms. The lowest BCUT2D eigenvalue weighted by molar-refractivity contribution is 0.313. The van der Waals surface area contributed by atoms with E-state index in [1.807, 2.05) is 0 Å². The fourth-order valence-electron chi connectivity index (χ4n) is 2.50. The van der Waals surface area contributed by atoms with Gasteiger partial charge in [0.25, 0.3) is 0 Å². The van der Waals surface area contributed by atoms with Crippen LogP contribution >= 0.6 is 0 Å². The highest BCUT2D eigenvalue weighted by Gasteiger charge is 2.13. The highest BCUT2D eigenvalue weighted by molar-refractivity contribution is 5.40. The van der Waals surface area contributed by atoms with Crippen molar-refractivity contribution in [3.05, 3.63) is 29.3 Å². The second kappa shape index (κ2) is 9.09. The first-order valence-electron chi connectivity index (χ1n) is 8.51. The van der Waals surface area contributed by atoms with Crippen molar-refractivity contribution in [2.75, 3.05) is 6.61 Å². The SMILES string of the molecule is CCCOc1ccc(C(C)CCC(N)CC)cc1C(C)C. The van der Waals surface area contributed by atoms with Crippen LogP contribution in [0, 0.1) is 0 Å². The van der Waals surface area contributed by atoms with Crippen LogP contribution in [0.1, 0.15) is 83.3 Å². The lowest BCUT2D eigenvalue weighted by Gasteiger charge is -2.19. The molecular weight excluding hydrogens is 258 g/mol. The van der Waals surface area contributed by atoms with E-state index in [0.29, 0.717) is 17.9 Å². The minimum Gasteiger partial charge on any atom is -0.493 e. The van der Waals surface area contributed by atoms with E-state index in [1.165, 1.54) is 11.1 Å². The normalized spacial score (nSPS) is 14.2. The van der Waals surface area contributed by atoms with Gasteiger partial charge in [0.05, 0.1) is 6.61 Å². The van der Waals surface area contributed by atoms with Crippen molar-refractivity contribution in [3.63, 3.8) is 0 Å². The zero-order valence-corrected chi connectivity index (χ0v) is 14.5. The van der Waals surface area contributed by atoms with Gasteiger partial charge >= 0.3 is 0 Å².